The number of terminal acetylenes is 1. The van der Waals surface area contributed by atoms with Crippen molar-refractivity contribution in [3.05, 3.63) is 59.4 Å². The highest BCUT2D eigenvalue weighted by atomic mass is 16.2. The predicted octanol–water partition coefficient (Wildman–Crippen LogP) is 1.88. The fraction of sp³-hybridized carbons (Fsp3) is 0.118. The zero-order chi connectivity index (χ0) is 14.8. The Kier molecular flexibility index (Phi) is 3.25. The number of fused-ring (bicyclic) bond motifs is 1. The van der Waals surface area contributed by atoms with Gasteiger partial charge in [0.2, 0.25) is 5.91 Å². The SMILES string of the molecule is C#Cc1ccc2c(c1)C(c1ccccn1)=NCC(=O)N2C. The lowest BCUT2D eigenvalue weighted by Gasteiger charge is -2.18. The van der Waals surface area contributed by atoms with E-state index in [1.807, 2.05) is 36.4 Å². The van der Waals surface area contributed by atoms with Crippen molar-refractivity contribution in [1.82, 2.24) is 4.98 Å². The van der Waals surface area contributed by atoms with E-state index in [2.05, 4.69) is 15.9 Å². The summed E-state index contributed by atoms with van der Waals surface area (Å²) in [5.41, 5.74) is 3.80. The molecule has 1 amide bonds. The molecule has 1 aliphatic rings. The molecule has 0 N–H and O–H groups in total. The minimum atomic E-state index is -0.0596. The maximum Gasteiger partial charge on any atom is 0.248 e. The Hall–Kier alpha value is -2.93. The van der Waals surface area contributed by atoms with Crippen molar-refractivity contribution in [1.29, 1.82) is 0 Å². The Bertz CT molecular complexity index is 772. The van der Waals surface area contributed by atoms with Gasteiger partial charge in [0.1, 0.15) is 6.54 Å². The van der Waals surface area contributed by atoms with Crippen LogP contribution in [0.3, 0.4) is 0 Å². The maximum atomic E-state index is 12.1. The van der Waals surface area contributed by atoms with Gasteiger partial charge in [0.25, 0.3) is 0 Å². The van der Waals surface area contributed by atoms with Crippen molar-refractivity contribution in [2.24, 2.45) is 4.99 Å². The van der Waals surface area contributed by atoms with Gasteiger partial charge in [-0.15, -0.1) is 6.42 Å². The van der Waals surface area contributed by atoms with Gasteiger partial charge in [-0.05, 0) is 30.3 Å². The first-order valence-corrected chi connectivity index (χ1v) is 6.54. The van der Waals surface area contributed by atoms with Crippen LogP contribution in [0, 0.1) is 12.3 Å². The molecule has 0 fully saturated rings. The highest BCUT2D eigenvalue weighted by molar-refractivity contribution is 6.18. The topological polar surface area (TPSA) is 45.6 Å². The minimum absolute atomic E-state index is 0.0596. The van der Waals surface area contributed by atoms with Crippen molar-refractivity contribution >= 4 is 17.3 Å². The molecule has 0 spiro atoms. The molecule has 0 aliphatic carbocycles. The lowest BCUT2D eigenvalue weighted by atomic mass is 10.0. The molecule has 1 aromatic heterocycles. The van der Waals surface area contributed by atoms with E-state index in [1.54, 1.807) is 18.1 Å². The molecular formula is C17H13N3O. The van der Waals surface area contributed by atoms with Crippen molar-refractivity contribution < 1.29 is 4.79 Å². The molecule has 21 heavy (non-hydrogen) atoms. The smallest absolute Gasteiger partial charge is 0.248 e. The highest BCUT2D eigenvalue weighted by Crippen LogP contribution is 2.26. The fourth-order valence-corrected chi connectivity index (χ4v) is 2.30. The number of likely N-dealkylation sites (N-methyl/N-ethyl adjacent to an activating group) is 1. The summed E-state index contributed by atoms with van der Waals surface area (Å²) in [6.45, 7) is 0.0997. The number of aromatic nitrogens is 1. The summed E-state index contributed by atoms with van der Waals surface area (Å²) in [6.07, 6.45) is 7.19. The summed E-state index contributed by atoms with van der Waals surface area (Å²) in [5.74, 6) is 2.56. The summed E-state index contributed by atoms with van der Waals surface area (Å²) < 4.78 is 0. The normalized spacial score (nSPS) is 14.0. The average Bonchev–Trinajstić information content (AvgIpc) is 2.66. The highest BCUT2D eigenvalue weighted by Gasteiger charge is 2.23. The molecule has 2 heterocycles. The standard InChI is InChI=1S/C17H13N3O/c1-3-12-7-8-15-13(10-12)17(14-6-4-5-9-18-14)19-11-16(21)20(15)2/h1,4-10H,11H2,2H3. The number of anilines is 1. The number of nitrogens with zero attached hydrogens (tertiary/aromatic N) is 3. The molecule has 102 valence electrons. The lowest BCUT2D eigenvalue weighted by Crippen LogP contribution is -2.27. The molecule has 3 rings (SSSR count). The van der Waals surface area contributed by atoms with E-state index in [4.69, 9.17) is 6.42 Å². The van der Waals surface area contributed by atoms with Crippen LogP contribution in [0.4, 0.5) is 5.69 Å². The number of hydrogen-bond donors (Lipinski definition) is 0. The van der Waals surface area contributed by atoms with Gasteiger partial charge in [-0.2, -0.15) is 0 Å². The van der Waals surface area contributed by atoms with E-state index >= 15 is 0 Å². The number of carbonyl (C=O) groups excluding carboxylic acids is 1. The number of amides is 1. The first kappa shape index (κ1) is 13.1. The quantitative estimate of drug-likeness (QED) is 0.746. The van der Waals surface area contributed by atoms with Crippen LogP contribution in [0.5, 0.6) is 0 Å². The van der Waals surface area contributed by atoms with Gasteiger partial charge in [-0.1, -0.05) is 12.0 Å². The van der Waals surface area contributed by atoms with E-state index in [0.29, 0.717) is 5.71 Å². The second-order valence-corrected chi connectivity index (χ2v) is 4.71. The van der Waals surface area contributed by atoms with E-state index in [-0.39, 0.29) is 12.5 Å². The van der Waals surface area contributed by atoms with Gasteiger partial charge in [-0.3, -0.25) is 14.8 Å². The van der Waals surface area contributed by atoms with E-state index in [0.717, 1.165) is 22.5 Å². The van der Waals surface area contributed by atoms with Gasteiger partial charge in [0.05, 0.1) is 17.1 Å². The van der Waals surface area contributed by atoms with Gasteiger partial charge in [0, 0.05) is 24.4 Å². The third-order valence-electron chi connectivity index (χ3n) is 3.43. The monoisotopic (exact) mass is 275 g/mol. The Morgan fingerprint density at radius 3 is 2.86 bits per heavy atom. The molecule has 0 radical (unpaired) electrons. The molecule has 1 aliphatic heterocycles. The number of aliphatic imine (C=N–C) groups is 1. The fourth-order valence-electron chi connectivity index (χ4n) is 2.30. The van der Waals surface area contributed by atoms with Crippen LogP contribution in [0.25, 0.3) is 0 Å². The van der Waals surface area contributed by atoms with Gasteiger partial charge >= 0.3 is 0 Å². The Morgan fingerprint density at radius 1 is 1.29 bits per heavy atom. The first-order chi connectivity index (χ1) is 10.2. The summed E-state index contributed by atoms with van der Waals surface area (Å²) in [4.78, 5) is 22.4. The number of benzodiazepines with no additional fused rings is 1. The number of pyridine rings is 1. The number of carbonyl (C=O) groups is 1. The molecular weight excluding hydrogens is 262 g/mol. The molecule has 0 saturated heterocycles. The van der Waals surface area contributed by atoms with Crippen molar-refractivity contribution in [2.45, 2.75) is 0 Å². The Balaban J connectivity index is 2.25. The summed E-state index contributed by atoms with van der Waals surface area (Å²) in [6, 6.07) is 11.2. The average molecular weight is 275 g/mol. The predicted molar refractivity (Wildman–Crippen MR) is 82.5 cm³/mol. The van der Waals surface area contributed by atoms with Gasteiger partial charge < -0.3 is 4.90 Å². The largest absolute Gasteiger partial charge is 0.313 e. The first-order valence-electron chi connectivity index (χ1n) is 6.54. The summed E-state index contributed by atoms with van der Waals surface area (Å²) >= 11 is 0. The molecule has 4 nitrogen and oxygen atoms in total. The van der Waals surface area contributed by atoms with Crippen LogP contribution in [-0.4, -0.2) is 30.2 Å². The van der Waals surface area contributed by atoms with Crippen LogP contribution in [0.15, 0.2) is 47.6 Å². The van der Waals surface area contributed by atoms with Crippen molar-refractivity contribution in [3.8, 4) is 12.3 Å². The lowest BCUT2D eigenvalue weighted by molar-refractivity contribution is -0.116. The van der Waals surface area contributed by atoms with Gasteiger partial charge in [-0.25, -0.2) is 0 Å². The number of benzene rings is 1. The number of rotatable bonds is 1. The zero-order valence-electron chi connectivity index (χ0n) is 11.6. The molecule has 0 bridgehead atoms. The molecule has 4 heteroatoms. The molecule has 0 atom stereocenters. The van der Waals surface area contributed by atoms with Crippen LogP contribution in [0.2, 0.25) is 0 Å². The Labute approximate surface area is 123 Å². The van der Waals surface area contributed by atoms with Crippen molar-refractivity contribution in [3.63, 3.8) is 0 Å². The molecule has 0 unspecified atom stereocenters. The zero-order valence-corrected chi connectivity index (χ0v) is 11.6. The van der Waals surface area contributed by atoms with E-state index < -0.39 is 0 Å². The summed E-state index contributed by atoms with van der Waals surface area (Å²) in [5, 5.41) is 0. The summed E-state index contributed by atoms with van der Waals surface area (Å²) in [7, 11) is 1.74. The Morgan fingerprint density at radius 2 is 2.14 bits per heavy atom. The number of hydrogen-bond acceptors (Lipinski definition) is 3. The third kappa shape index (κ3) is 2.30. The van der Waals surface area contributed by atoms with Crippen LogP contribution in [-0.2, 0) is 4.79 Å². The van der Waals surface area contributed by atoms with E-state index in [1.165, 1.54) is 0 Å². The minimum Gasteiger partial charge on any atom is -0.313 e. The molecule has 0 saturated carbocycles. The van der Waals surface area contributed by atoms with Crippen LogP contribution < -0.4 is 4.90 Å². The van der Waals surface area contributed by atoms with E-state index in [9.17, 15) is 4.79 Å². The van der Waals surface area contributed by atoms with Crippen LogP contribution in [0.1, 0.15) is 16.8 Å². The van der Waals surface area contributed by atoms with Gasteiger partial charge in [0.15, 0.2) is 0 Å². The third-order valence-corrected chi connectivity index (χ3v) is 3.43. The molecule has 1 aromatic carbocycles. The van der Waals surface area contributed by atoms with Crippen molar-refractivity contribution in [2.75, 3.05) is 18.5 Å². The second kappa shape index (κ2) is 5.22. The molecule has 2 aromatic rings. The maximum absolute atomic E-state index is 12.1. The second-order valence-electron chi connectivity index (χ2n) is 4.71. The van der Waals surface area contributed by atoms with Crippen LogP contribution >= 0.6 is 0 Å².